The molecule has 0 aliphatic rings. The molecule has 0 aliphatic heterocycles. The second kappa shape index (κ2) is 7.63. The lowest BCUT2D eigenvalue weighted by atomic mass is 10.2. The molecule has 8 heteroatoms. The van der Waals surface area contributed by atoms with Gasteiger partial charge in [0.05, 0.1) is 5.69 Å². The number of carbonyl (C=O) groups is 2. The summed E-state index contributed by atoms with van der Waals surface area (Å²) < 4.78 is 13.9. The molecular formula is C18H13ClFN3O2S. The van der Waals surface area contributed by atoms with E-state index in [1.165, 1.54) is 36.5 Å². The van der Waals surface area contributed by atoms with E-state index in [0.717, 1.165) is 5.56 Å². The predicted molar refractivity (Wildman–Crippen MR) is 101 cm³/mol. The molecule has 2 N–H and O–H groups in total. The second-order valence-corrected chi connectivity index (χ2v) is 6.67. The fourth-order valence-corrected chi connectivity index (χ4v) is 3.12. The molecule has 2 aromatic carbocycles. The lowest BCUT2D eigenvalue weighted by molar-refractivity contribution is -0.114. The van der Waals surface area contributed by atoms with Crippen LogP contribution in [0.3, 0.4) is 0 Å². The number of rotatable bonds is 4. The fraction of sp³-hybridized carbons (Fsp3) is 0.0556. The SMILES string of the molecule is CC(=O)Nc1ccc(F)c(NC(=O)c2csc(-c3ccc(Cl)cc3)n2)c1. The maximum Gasteiger partial charge on any atom is 0.275 e. The summed E-state index contributed by atoms with van der Waals surface area (Å²) >= 11 is 7.16. The maximum atomic E-state index is 13.9. The molecule has 0 radical (unpaired) electrons. The molecule has 3 aromatic rings. The molecule has 0 atom stereocenters. The fourth-order valence-electron chi connectivity index (χ4n) is 2.19. The molecule has 0 saturated heterocycles. The van der Waals surface area contributed by atoms with Gasteiger partial charge >= 0.3 is 0 Å². The topological polar surface area (TPSA) is 71.1 Å². The van der Waals surface area contributed by atoms with Crippen molar-refractivity contribution in [2.75, 3.05) is 10.6 Å². The predicted octanol–water partition coefficient (Wildman–Crippen LogP) is 4.81. The van der Waals surface area contributed by atoms with E-state index >= 15 is 0 Å². The van der Waals surface area contributed by atoms with Crippen LogP contribution in [0.2, 0.25) is 5.02 Å². The monoisotopic (exact) mass is 389 g/mol. The largest absolute Gasteiger partial charge is 0.326 e. The van der Waals surface area contributed by atoms with Crippen molar-refractivity contribution in [2.45, 2.75) is 6.92 Å². The van der Waals surface area contributed by atoms with Gasteiger partial charge in [-0.1, -0.05) is 23.7 Å². The number of carbonyl (C=O) groups excluding carboxylic acids is 2. The summed E-state index contributed by atoms with van der Waals surface area (Å²) in [4.78, 5) is 27.7. The third kappa shape index (κ3) is 4.25. The van der Waals surface area contributed by atoms with Gasteiger partial charge in [-0.3, -0.25) is 9.59 Å². The number of halogens is 2. The van der Waals surface area contributed by atoms with E-state index < -0.39 is 11.7 Å². The standard InChI is InChI=1S/C18H13ClFN3O2S/c1-10(24)21-13-6-7-14(20)15(8-13)22-17(25)16-9-26-18(23-16)11-2-4-12(19)5-3-11/h2-9H,1H3,(H,21,24)(H,22,25). The number of nitrogens with one attached hydrogen (secondary N) is 2. The summed E-state index contributed by atoms with van der Waals surface area (Å²) in [5.41, 5.74) is 1.35. The van der Waals surface area contributed by atoms with Gasteiger partial charge in [-0.25, -0.2) is 9.37 Å². The Morgan fingerprint density at radius 2 is 1.85 bits per heavy atom. The normalized spacial score (nSPS) is 10.4. The van der Waals surface area contributed by atoms with Crippen LogP contribution in [0.25, 0.3) is 10.6 Å². The summed E-state index contributed by atoms with van der Waals surface area (Å²) in [5.74, 6) is -1.44. The molecule has 1 heterocycles. The van der Waals surface area contributed by atoms with Gasteiger partial charge in [0.1, 0.15) is 16.5 Å². The Bertz CT molecular complexity index is 973. The molecule has 5 nitrogen and oxygen atoms in total. The molecule has 0 aliphatic carbocycles. The van der Waals surface area contributed by atoms with Crippen LogP contribution in [0, 0.1) is 5.82 Å². The van der Waals surface area contributed by atoms with Crippen molar-refractivity contribution in [3.63, 3.8) is 0 Å². The van der Waals surface area contributed by atoms with Crippen molar-refractivity contribution in [2.24, 2.45) is 0 Å². The van der Waals surface area contributed by atoms with Crippen molar-refractivity contribution < 1.29 is 14.0 Å². The molecule has 0 saturated carbocycles. The summed E-state index contributed by atoms with van der Waals surface area (Å²) in [6, 6.07) is 11.0. The number of hydrogen-bond donors (Lipinski definition) is 2. The van der Waals surface area contributed by atoms with E-state index in [4.69, 9.17) is 11.6 Å². The summed E-state index contributed by atoms with van der Waals surface area (Å²) in [7, 11) is 0. The molecule has 132 valence electrons. The number of thiazole rings is 1. The highest BCUT2D eigenvalue weighted by Gasteiger charge is 2.14. The van der Waals surface area contributed by atoms with Gasteiger partial charge in [-0.2, -0.15) is 0 Å². The first-order valence-electron chi connectivity index (χ1n) is 7.52. The Labute approximate surface area is 157 Å². The van der Waals surface area contributed by atoms with Gasteiger partial charge in [-0.15, -0.1) is 11.3 Å². The second-order valence-electron chi connectivity index (χ2n) is 5.37. The lowest BCUT2D eigenvalue weighted by Crippen LogP contribution is -2.14. The number of anilines is 2. The first-order valence-corrected chi connectivity index (χ1v) is 8.78. The third-order valence-corrected chi connectivity index (χ3v) is 4.51. The zero-order valence-electron chi connectivity index (χ0n) is 13.5. The van der Waals surface area contributed by atoms with Crippen LogP contribution >= 0.6 is 22.9 Å². The van der Waals surface area contributed by atoms with Gasteiger partial charge in [0.25, 0.3) is 5.91 Å². The maximum absolute atomic E-state index is 13.9. The molecule has 26 heavy (non-hydrogen) atoms. The minimum absolute atomic E-state index is 0.0395. The van der Waals surface area contributed by atoms with Gasteiger partial charge in [0, 0.05) is 28.6 Å². The minimum Gasteiger partial charge on any atom is -0.326 e. The summed E-state index contributed by atoms with van der Waals surface area (Å²) in [6.45, 7) is 1.34. The van der Waals surface area contributed by atoms with Crippen LogP contribution in [0.15, 0.2) is 47.8 Å². The van der Waals surface area contributed by atoms with Crippen LogP contribution in [-0.2, 0) is 4.79 Å². The lowest BCUT2D eigenvalue weighted by Gasteiger charge is -2.08. The minimum atomic E-state index is -0.611. The average Bonchev–Trinajstić information content (AvgIpc) is 3.08. The molecule has 0 spiro atoms. The summed E-state index contributed by atoms with van der Waals surface area (Å²) in [5, 5.41) is 7.86. The number of aromatic nitrogens is 1. The highest BCUT2D eigenvalue weighted by molar-refractivity contribution is 7.13. The quantitative estimate of drug-likeness (QED) is 0.672. The van der Waals surface area contributed by atoms with Crippen molar-refractivity contribution in [1.82, 2.24) is 4.98 Å². The molecule has 0 unspecified atom stereocenters. The molecule has 2 amide bonds. The van der Waals surface area contributed by atoms with E-state index in [0.29, 0.717) is 15.7 Å². The van der Waals surface area contributed by atoms with Gasteiger partial charge < -0.3 is 10.6 Å². The van der Waals surface area contributed by atoms with Crippen LogP contribution < -0.4 is 10.6 Å². The first-order chi connectivity index (χ1) is 12.4. The number of benzene rings is 2. The van der Waals surface area contributed by atoms with Gasteiger partial charge in [0.15, 0.2) is 0 Å². The Balaban J connectivity index is 1.78. The zero-order chi connectivity index (χ0) is 18.7. The van der Waals surface area contributed by atoms with Gasteiger partial charge in [-0.05, 0) is 30.3 Å². The number of hydrogen-bond acceptors (Lipinski definition) is 4. The highest BCUT2D eigenvalue weighted by Crippen LogP contribution is 2.26. The Morgan fingerprint density at radius 1 is 1.12 bits per heavy atom. The van der Waals surface area contributed by atoms with Crippen molar-refractivity contribution in [1.29, 1.82) is 0 Å². The third-order valence-electron chi connectivity index (χ3n) is 3.36. The van der Waals surface area contributed by atoms with Gasteiger partial charge in [0.2, 0.25) is 5.91 Å². The van der Waals surface area contributed by atoms with Crippen LogP contribution in [0.4, 0.5) is 15.8 Å². The molecule has 0 fully saturated rings. The molecule has 3 rings (SSSR count). The molecule has 1 aromatic heterocycles. The Kier molecular flexibility index (Phi) is 5.29. The van der Waals surface area contributed by atoms with Crippen molar-refractivity contribution in [3.05, 3.63) is 64.4 Å². The van der Waals surface area contributed by atoms with E-state index in [2.05, 4.69) is 15.6 Å². The van der Waals surface area contributed by atoms with Crippen LogP contribution in [0.5, 0.6) is 0 Å². The van der Waals surface area contributed by atoms with Crippen LogP contribution in [0.1, 0.15) is 17.4 Å². The Hall–Kier alpha value is -2.77. The first kappa shape index (κ1) is 18.0. The molecular weight excluding hydrogens is 377 g/mol. The van der Waals surface area contributed by atoms with E-state index in [1.54, 1.807) is 29.6 Å². The van der Waals surface area contributed by atoms with Crippen molar-refractivity contribution in [3.8, 4) is 10.6 Å². The van der Waals surface area contributed by atoms with E-state index in [1.807, 2.05) is 0 Å². The molecule has 0 bridgehead atoms. The Morgan fingerprint density at radius 3 is 2.54 bits per heavy atom. The van der Waals surface area contributed by atoms with E-state index in [9.17, 15) is 14.0 Å². The van der Waals surface area contributed by atoms with Crippen molar-refractivity contribution >= 4 is 46.1 Å². The number of nitrogens with zero attached hydrogens (tertiary/aromatic N) is 1. The van der Waals surface area contributed by atoms with E-state index in [-0.39, 0.29) is 17.3 Å². The zero-order valence-corrected chi connectivity index (χ0v) is 15.1. The van der Waals surface area contributed by atoms with Crippen LogP contribution in [-0.4, -0.2) is 16.8 Å². The highest BCUT2D eigenvalue weighted by atomic mass is 35.5. The average molecular weight is 390 g/mol. The number of amides is 2. The summed E-state index contributed by atoms with van der Waals surface area (Å²) in [6.07, 6.45) is 0. The smallest absolute Gasteiger partial charge is 0.275 e.